The molecular formula is C20H28N4O. The molecule has 1 aliphatic rings. The second-order valence-corrected chi connectivity index (χ2v) is 7.17. The van der Waals surface area contributed by atoms with Gasteiger partial charge < -0.3 is 5.32 Å². The van der Waals surface area contributed by atoms with Crippen molar-refractivity contribution in [1.82, 2.24) is 20.0 Å². The first-order valence-corrected chi connectivity index (χ1v) is 9.14. The van der Waals surface area contributed by atoms with Crippen molar-refractivity contribution in [2.24, 2.45) is 0 Å². The Labute approximate surface area is 150 Å². The van der Waals surface area contributed by atoms with Crippen molar-refractivity contribution in [1.29, 1.82) is 0 Å². The fourth-order valence-corrected chi connectivity index (χ4v) is 3.48. The highest BCUT2D eigenvalue weighted by Gasteiger charge is 2.15. The molecule has 134 valence electrons. The molecule has 0 radical (unpaired) electrons. The summed E-state index contributed by atoms with van der Waals surface area (Å²) in [6, 6.07) is 10.1. The molecule has 2 heterocycles. The molecule has 0 spiro atoms. The van der Waals surface area contributed by atoms with E-state index in [1.165, 1.54) is 18.4 Å². The third kappa shape index (κ3) is 4.69. The van der Waals surface area contributed by atoms with Gasteiger partial charge in [-0.15, -0.1) is 0 Å². The lowest BCUT2D eigenvalue weighted by Gasteiger charge is -2.17. The van der Waals surface area contributed by atoms with Crippen LogP contribution in [-0.4, -0.2) is 39.7 Å². The van der Waals surface area contributed by atoms with Gasteiger partial charge in [0.15, 0.2) is 0 Å². The predicted molar refractivity (Wildman–Crippen MR) is 99.6 cm³/mol. The molecule has 0 saturated carbocycles. The zero-order valence-corrected chi connectivity index (χ0v) is 15.5. The van der Waals surface area contributed by atoms with Crippen LogP contribution in [0.15, 0.2) is 30.3 Å². The first-order valence-electron chi connectivity index (χ1n) is 9.14. The van der Waals surface area contributed by atoms with Crippen molar-refractivity contribution >= 4 is 5.91 Å². The number of nitrogens with one attached hydrogen (secondary N) is 1. The van der Waals surface area contributed by atoms with E-state index in [1.807, 2.05) is 43.7 Å². The summed E-state index contributed by atoms with van der Waals surface area (Å²) in [7, 11) is 0. The fourth-order valence-electron chi connectivity index (χ4n) is 3.48. The SMILES string of the molecule is Cc1cc(C)n(C[C@H](C)NC(=O)c2cccc(CN3CCCC3)c2)n1. The maximum atomic E-state index is 12.6. The molecule has 1 aliphatic heterocycles. The van der Waals surface area contributed by atoms with Gasteiger partial charge in [0, 0.05) is 23.8 Å². The number of carbonyl (C=O) groups excluding carboxylic acids is 1. The fraction of sp³-hybridized carbons (Fsp3) is 0.500. The van der Waals surface area contributed by atoms with Gasteiger partial charge in [-0.05, 0) is 70.5 Å². The van der Waals surface area contributed by atoms with Crippen LogP contribution in [0, 0.1) is 13.8 Å². The summed E-state index contributed by atoms with van der Waals surface area (Å²) in [5, 5.41) is 7.55. The Morgan fingerprint density at radius 3 is 2.68 bits per heavy atom. The Morgan fingerprint density at radius 1 is 1.24 bits per heavy atom. The Bertz CT molecular complexity index is 731. The van der Waals surface area contributed by atoms with Crippen LogP contribution in [0.5, 0.6) is 0 Å². The van der Waals surface area contributed by atoms with Gasteiger partial charge in [-0.3, -0.25) is 14.4 Å². The van der Waals surface area contributed by atoms with E-state index >= 15 is 0 Å². The minimum atomic E-state index is -0.0164. The summed E-state index contributed by atoms with van der Waals surface area (Å²) in [6.45, 7) is 9.98. The van der Waals surface area contributed by atoms with Crippen molar-refractivity contribution in [3.8, 4) is 0 Å². The second-order valence-electron chi connectivity index (χ2n) is 7.17. The van der Waals surface area contributed by atoms with Gasteiger partial charge in [-0.25, -0.2) is 0 Å². The van der Waals surface area contributed by atoms with Crippen LogP contribution < -0.4 is 5.32 Å². The van der Waals surface area contributed by atoms with Gasteiger partial charge in [-0.2, -0.15) is 5.10 Å². The van der Waals surface area contributed by atoms with Crippen LogP contribution in [0.25, 0.3) is 0 Å². The molecular weight excluding hydrogens is 312 g/mol. The number of amides is 1. The molecule has 1 aromatic heterocycles. The Balaban J connectivity index is 1.59. The number of aromatic nitrogens is 2. The number of benzene rings is 1. The average Bonchev–Trinajstić information content (AvgIpc) is 3.17. The zero-order chi connectivity index (χ0) is 17.8. The molecule has 5 heteroatoms. The van der Waals surface area contributed by atoms with Crippen molar-refractivity contribution in [2.45, 2.75) is 52.7 Å². The second kappa shape index (κ2) is 7.83. The molecule has 0 bridgehead atoms. The number of aryl methyl sites for hydroxylation is 2. The molecule has 1 saturated heterocycles. The van der Waals surface area contributed by atoms with E-state index in [4.69, 9.17) is 0 Å². The molecule has 0 aliphatic carbocycles. The third-order valence-corrected chi connectivity index (χ3v) is 4.72. The smallest absolute Gasteiger partial charge is 0.251 e. The third-order valence-electron chi connectivity index (χ3n) is 4.72. The number of carbonyl (C=O) groups is 1. The molecule has 1 N–H and O–H groups in total. The van der Waals surface area contributed by atoms with Gasteiger partial charge in [0.25, 0.3) is 5.91 Å². The lowest BCUT2D eigenvalue weighted by atomic mass is 10.1. The first-order chi connectivity index (χ1) is 12.0. The number of rotatable bonds is 6. The highest BCUT2D eigenvalue weighted by molar-refractivity contribution is 5.94. The molecule has 2 aromatic rings. The first kappa shape index (κ1) is 17.7. The lowest BCUT2D eigenvalue weighted by molar-refractivity contribution is 0.0935. The van der Waals surface area contributed by atoms with Crippen molar-refractivity contribution in [2.75, 3.05) is 13.1 Å². The Kier molecular flexibility index (Phi) is 5.53. The molecule has 25 heavy (non-hydrogen) atoms. The van der Waals surface area contributed by atoms with Crippen LogP contribution in [0.4, 0.5) is 0 Å². The monoisotopic (exact) mass is 340 g/mol. The minimum Gasteiger partial charge on any atom is -0.348 e. The summed E-state index contributed by atoms with van der Waals surface area (Å²) in [5.41, 5.74) is 4.06. The van der Waals surface area contributed by atoms with E-state index in [0.717, 1.165) is 36.6 Å². The van der Waals surface area contributed by atoms with Crippen LogP contribution in [0.1, 0.15) is 47.1 Å². The van der Waals surface area contributed by atoms with Crippen LogP contribution in [0.2, 0.25) is 0 Å². The Hall–Kier alpha value is -2.14. The van der Waals surface area contributed by atoms with Crippen molar-refractivity contribution < 1.29 is 4.79 Å². The van der Waals surface area contributed by atoms with E-state index in [-0.39, 0.29) is 11.9 Å². The van der Waals surface area contributed by atoms with Gasteiger partial charge in [0.05, 0.1) is 12.2 Å². The van der Waals surface area contributed by atoms with Gasteiger partial charge in [0.2, 0.25) is 0 Å². The number of likely N-dealkylation sites (tertiary alicyclic amines) is 1. The number of hydrogen-bond acceptors (Lipinski definition) is 3. The van der Waals surface area contributed by atoms with Crippen molar-refractivity contribution in [3.05, 3.63) is 52.8 Å². The largest absolute Gasteiger partial charge is 0.348 e. The van der Waals surface area contributed by atoms with Crippen LogP contribution in [0.3, 0.4) is 0 Å². The van der Waals surface area contributed by atoms with E-state index in [0.29, 0.717) is 6.54 Å². The summed E-state index contributed by atoms with van der Waals surface area (Å²) < 4.78 is 1.95. The molecule has 3 rings (SSSR count). The van der Waals surface area contributed by atoms with Crippen LogP contribution >= 0.6 is 0 Å². The summed E-state index contributed by atoms with van der Waals surface area (Å²) in [5.74, 6) is -0.0164. The topological polar surface area (TPSA) is 50.2 Å². The Morgan fingerprint density at radius 2 is 2.00 bits per heavy atom. The van der Waals surface area contributed by atoms with Crippen LogP contribution in [-0.2, 0) is 13.1 Å². The molecule has 1 amide bonds. The molecule has 0 unspecified atom stereocenters. The van der Waals surface area contributed by atoms with Gasteiger partial charge >= 0.3 is 0 Å². The van der Waals surface area contributed by atoms with Gasteiger partial charge in [-0.1, -0.05) is 12.1 Å². The zero-order valence-electron chi connectivity index (χ0n) is 15.5. The number of hydrogen-bond donors (Lipinski definition) is 1. The highest BCUT2D eigenvalue weighted by Crippen LogP contribution is 2.14. The van der Waals surface area contributed by atoms with E-state index in [1.54, 1.807) is 0 Å². The molecule has 5 nitrogen and oxygen atoms in total. The highest BCUT2D eigenvalue weighted by atomic mass is 16.1. The average molecular weight is 340 g/mol. The predicted octanol–water partition coefficient (Wildman–Crippen LogP) is 2.91. The molecule has 1 aromatic carbocycles. The standard InChI is InChI=1S/C20H28N4O/c1-15-11-17(3)24(22-15)13-16(2)21-20(25)19-8-6-7-18(12-19)14-23-9-4-5-10-23/h6-8,11-12,16H,4-5,9-10,13-14H2,1-3H3,(H,21,25)/t16-/m0/s1. The van der Waals surface area contributed by atoms with Gasteiger partial charge in [0.1, 0.15) is 0 Å². The van der Waals surface area contributed by atoms with E-state index < -0.39 is 0 Å². The molecule has 1 atom stereocenters. The van der Waals surface area contributed by atoms with Crippen molar-refractivity contribution in [3.63, 3.8) is 0 Å². The summed E-state index contributed by atoms with van der Waals surface area (Å²) >= 11 is 0. The minimum absolute atomic E-state index is 0.0164. The molecule has 1 fully saturated rings. The summed E-state index contributed by atoms with van der Waals surface area (Å²) in [4.78, 5) is 15.0. The quantitative estimate of drug-likeness (QED) is 0.880. The number of nitrogens with zero attached hydrogens (tertiary/aromatic N) is 3. The maximum absolute atomic E-state index is 12.6. The maximum Gasteiger partial charge on any atom is 0.251 e. The van der Waals surface area contributed by atoms with E-state index in [9.17, 15) is 4.79 Å². The normalized spacial score (nSPS) is 16.1. The summed E-state index contributed by atoms with van der Waals surface area (Å²) in [6.07, 6.45) is 2.56. The lowest BCUT2D eigenvalue weighted by Crippen LogP contribution is -2.36. The van der Waals surface area contributed by atoms with E-state index in [2.05, 4.69) is 27.4 Å².